The first-order valence-corrected chi connectivity index (χ1v) is 14.5. The van der Waals surface area contributed by atoms with Crippen LogP contribution in [-0.2, 0) is 20.5 Å². The summed E-state index contributed by atoms with van der Waals surface area (Å²) in [4.78, 5) is 14.6. The number of carbonyl (C=O) groups excluding carboxylic acids is 1. The number of nitrogens with zero attached hydrogens (tertiary/aromatic N) is 1. The molecular weight excluding hydrogens is 498 g/mol. The average molecular weight is 544 g/mol. The molecular formula is C35H45NO4. The third-order valence-corrected chi connectivity index (χ3v) is 8.71. The number of ether oxygens (including phenoxy) is 1. The summed E-state index contributed by atoms with van der Waals surface area (Å²) in [6.45, 7) is 9.55. The molecule has 0 aliphatic carbocycles. The molecule has 0 radical (unpaired) electrons. The van der Waals surface area contributed by atoms with Crippen molar-refractivity contribution in [2.45, 2.75) is 83.0 Å². The fourth-order valence-electron chi connectivity index (χ4n) is 6.05. The van der Waals surface area contributed by atoms with Crippen LogP contribution in [0.25, 0.3) is 0 Å². The number of likely N-dealkylation sites (tertiary alicyclic amines) is 1. The van der Waals surface area contributed by atoms with Crippen LogP contribution in [0, 0.1) is 13.8 Å². The third kappa shape index (κ3) is 6.33. The van der Waals surface area contributed by atoms with Gasteiger partial charge < -0.3 is 14.9 Å². The molecule has 214 valence electrons. The van der Waals surface area contributed by atoms with Crippen LogP contribution in [0.1, 0.15) is 85.4 Å². The first-order chi connectivity index (χ1) is 19.1. The zero-order valence-electron chi connectivity index (χ0n) is 24.7. The van der Waals surface area contributed by atoms with Crippen molar-refractivity contribution in [2.24, 2.45) is 0 Å². The van der Waals surface area contributed by atoms with Crippen molar-refractivity contribution in [1.82, 2.24) is 4.90 Å². The number of benzene rings is 3. The molecule has 0 bridgehead atoms. The van der Waals surface area contributed by atoms with Crippen molar-refractivity contribution in [3.63, 3.8) is 0 Å². The van der Waals surface area contributed by atoms with Gasteiger partial charge in [-0.05, 0) is 88.7 Å². The highest BCUT2D eigenvalue weighted by molar-refractivity contribution is 5.82. The summed E-state index contributed by atoms with van der Waals surface area (Å²) in [6, 6.07) is 24.1. The molecule has 2 atom stereocenters. The quantitative estimate of drug-likeness (QED) is 0.291. The molecule has 0 saturated carbocycles. The molecule has 2 unspecified atom stereocenters. The molecule has 1 heterocycles. The molecule has 5 heteroatoms. The van der Waals surface area contributed by atoms with Gasteiger partial charge in [-0.15, -0.1) is 0 Å². The average Bonchev–Trinajstić information content (AvgIpc) is 2.97. The Kier molecular flexibility index (Phi) is 9.50. The topological polar surface area (TPSA) is 70.0 Å². The Balaban J connectivity index is 1.49. The molecule has 1 fully saturated rings. The maximum Gasteiger partial charge on any atom is 0.315 e. The molecule has 1 saturated heterocycles. The van der Waals surface area contributed by atoms with Crippen LogP contribution in [0.15, 0.2) is 72.8 Å². The van der Waals surface area contributed by atoms with Gasteiger partial charge in [0.25, 0.3) is 0 Å². The van der Waals surface area contributed by atoms with Gasteiger partial charge in [-0.3, -0.25) is 9.69 Å². The summed E-state index contributed by atoms with van der Waals surface area (Å²) >= 11 is 0. The number of piperidine rings is 1. The van der Waals surface area contributed by atoms with Crippen LogP contribution in [0.4, 0.5) is 0 Å². The van der Waals surface area contributed by atoms with Crippen LogP contribution >= 0.6 is 0 Å². The fourth-order valence-corrected chi connectivity index (χ4v) is 6.05. The molecule has 5 nitrogen and oxygen atoms in total. The van der Waals surface area contributed by atoms with Crippen LogP contribution in [0.5, 0.6) is 0 Å². The van der Waals surface area contributed by atoms with E-state index in [2.05, 4.69) is 67.3 Å². The summed E-state index contributed by atoms with van der Waals surface area (Å²) in [5.41, 5.74) is 4.03. The Morgan fingerprint density at radius 2 is 1.43 bits per heavy atom. The van der Waals surface area contributed by atoms with Gasteiger partial charge in [-0.2, -0.15) is 0 Å². The van der Waals surface area contributed by atoms with E-state index >= 15 is 0 Å². The van der Waals surface area contributed by atoms with Gasteiger partial charge in [-0.25, -0.2) is 0 Å². The summed E-state index contributed by atoms with van der Waals surface area (Å²) in [5.74, 6) is -0.284. The van der Waals surface area contributed by atoms with Gasteiger partial charge in [0.2, 0.25) is 0 Å². The van der Waals surface area contributed by atoms with Crippen molar-refractivity contribution in [1.29, 1.82) is 0 Å². The second-order valence-corrected chi connectivity index (χ2v) is 11.9. The molecule has 0 spiro atoms. The number of hydrogen-bond acceptors (Lipinski definition) is 5. The van der Waals surface area contributed by atoms with E-state index < -0.39 is 17.1 Å². The Bertz CT molecular complexity index is 1200. The minimum absolute atomic E-state index is 0.0522. The summed E-state index contributed by atoms with van der Waals surface area (Å²) in [6.07, 6.45) is 3.94. The van der Waals surface area contributed by atoms with Gasteiger partial charge in [0.05, 0.1) is 18.6 Å². The largest absolute Gasteiger partial charge is 0.468 e. The monoisotopic (exact) mass is 543 g/mol. The predicted octanol–water partition coefficient (Wildman–Crippen LogP) is 6.36. The van der Waals surface area contributed by atoms with E-state index in [-0.39, 0.29) is 12.0 Å². The normalized spacial score (nSPS) is 17.4. The van der Waals surface area contributed by atoms with Crippen molar-refractivity contribution in [2.75, 3.05) is 20.2 Å². The lowest BCUT2D eigenvalue weighted by molar-refractivity contribution is -0.146. The predicted molar refractivity (Wildman–Crippen MR) is 160 cm³/mol. The number of carbonyl (C=O) groups is 1. The Morgan fingerprint density at radius 3 is 1.95 bits per heavy atom. The zero-order valence-corrected chi connectivity index (χ0v) is 24.7. The fraction of sp³-hybridized carbons (Fsp3) is 0.457. The maximum atomic E-state index is 12.5. The molecule has 1 aliphatic heterocycles. The van der Waals surface area contributed by atoms with Crippen molar-refractivity contribution in [3.8, 4) is 0 Å². The van der Waals surface area contributed by atoms with E-state index in [0.29, 0.717) is 6.42 Å². The van der Waals surface area contributed by atoms with Gasteiger partial charge in [0.1, 0.15) is 5.60 Å². The number of rotatable bonds is 10. The molecule has 3 aromatic carbocycles. The minimum Gasteiger partial charge on any atom is -0.468 e. The summed E-state index contributed by atoms with van der Waals surface area (Å²) < 4.78 is 4.95. The van der Waals surface area contributed by atoms with Gasteiger partial charge in [-0.1, -0.05) is 90.3 Å². The van der Waals surface area contributed by atoms with Crippen molar-refractivity contribution in [3.05, 3.63) is 106 Å². The Morgan fingerprint density at radius 1 is 0.900 bits per heavy atom. The van der Waals surface area contributed by atoms with Crippen LogP contribution in [0.3, 0.4) is 0 Å². The van der Waals surface area contributed by atoms with Crippen molar-refractivity contribution >= 4 is 5.97 Å². The smallest absolute Gasteiger partial charge is 0.315 e. The van der Waals surface area contributed by atoms with Gasteiger partial charge in [0.15, 0.2) is 0 Å². The van der Waals surface area contributed by atoms with E-state index in [0.717, 1.165) is 61.0 Å². The van der Waals surface area contributed by atoms with Gasteiger partial charge in [0, 0.05) is 6.04 Å². The Labute approximate surface area is 239 Å². The standard InChI is InChI=1S/C35H45NO4/c1-25-11-17-29(18-12-25)35(39,30-19-13-26(2)14-20-30)32-10-6-7-23-36(32)24-8-9-31(37)27-15-21-28(22-16-27)34(3,4)33(38)40-5/h11-22,31-32,37,39H,6-10,23-24H2,1-5H3. The lowest BCUT2D eigenvalue weighted by atomic mass is 9.75. The van der Waals surface area contributed by atoms with E-state index in [1.807, 2.05) is 38.1 Å². The number of methoxy groups -OCH3 is 1. The minimum atomic E-state index is -1.12. The summed E-state index contributed by atoms with van der Waals surface area (Å²) in [5, 5.41) is 23.5. The molecule has 3 aromatic rings. The molecule has 0 amide bonds. The second kappa shape index (κ2) is 12.7. The molecule has 4 rings (SSSR count). The zero-order chi connectivity index (χ0) is 28.9. The highest BCUT2D eigenvalue weighted by Gasteiger charge is 2.44. The first-order valence-electron chi connectivity index (χ1n) is 14.5. The molecule has 0 aromatic heterocycles. The van der Waals surface area contributed by atoms with E-state index in [9.17, 15) is 15.0 Å². The lowest BCUT2D eigenvalue weighted by Crippen LogP contribution is -2.54. The number of aryl methyl sites for hydroxylation is 2. The number of aliphatic hydroxyl groups is 2. The van der Waals surface area contributed by atoms with Crippen LogP contribution in [0.2, 0.25) is 0 Å². The second-order valence-electron chi connectivity index (χ2n) is 11.9. The van der Waals surface area contributed by atoms with Crippen molar-refractivity contribution < 1.29 is 19.7 Å². The number of esters is 1. The van der Waals surface area contributed by atoms with Crippen LogP contribution < -0.4 is 0 Å². The highest BCUT2D eigenvalue weighted by atomic mass is 16.5. The van der Waals surface area contributed by atoms with E-state index in [1.54, 1.807) is 0 Å². The number of aliphatic hydroxyl groups excluding tert-OH is 1. The molecule has 1 aliphatic rings. The van der Waals surface area contributed by atoms with E-state index in [4.69, 9.17) is 4.74 Å². The van der Waals surface area contributed by atoms with Crippen LogP contribution in [-0.4, -0.2) is 47.3 Å². The maximum absolute atomic E-state index is 12.5. The highest BCUT2D eigenvalue weighted by Crippen LogP contribution is 2.40. The molecule has 40 heavy (non-hydrogen) atoms. The SMILES string of the molecule is COC(=O)C(C)(C)c1ccc(C(O)CCCN2CCCCC2C(O)(c2ccc(C)cc2)c2ccc(C)cc2)cc1. The summed E-state index contributed by atoms with van der Waals surface area (Å²) in [7, 11) is 1.40. The Hall–Kier alpha value is -2.99. The van der Waals surface area contributed by atoms with Gasteiger partial charge >= 0.3 is 5.97 Å². The number of hydrogen-bond donors (Lipinski definition) is 2. The lowest BCUT2D eigenvalue weighted by Gasteiger charge is -2.46. The van der Waals surface area contributed by atoms with E-state index in [1.165, 1.54) is 18.2 Å². The third-order valence-electron chi connectivity index (χ3n) is 8.71. The first kappa shape index (κ1) is 30.0. The molecule has 2 N–H and O–H groups in total.